The van der Waals surface area contributed by atoms with Crippen molar-refractivity contribution >= 4 is 5.82 Å². The second-order valence-electron chi connectivity index (χ2n) is 6.37. The zero-order valence-electron chi connectivity index (χ0n) is 13.9. The third-order valence-corrected chi connectivity index (χ3v) is 3.39. The molecule has 5 heteroatoms. The Kier molecular flexibility index (Phi) is 4.30. The Morgan fingerprint density at radius 3 is 2.43 bits per heavy atom. The molecule has 0 radical (unpaired) electrons. The zero-order chi connectivity index (χ0) is 15.6. The molecule has 0 spiro atoms. The summed E-state index contributed by atoms with van der Waals surface area (Å²) in [5, 5.41) is 3.41. The number of nitrogens with one attached hydrogen (secondary N) is 1. The molecule has 0 saturated carbocycles. The van der Waals surface area contributed by atoms with Gasteiger partial charge in [-0.15, -0.1) is 0 Å². The predicted molar refractivity (Wildman–Crippen MR) is 86.1 cm³/mol. The van der Waals surface area contributed by atoms with Crippen molar-refractivity contribution in [3.63, 3.8) is 0 Å². The topological polar surface area (TPSA) is 55.6 Å². The van der Waals surface area contributed by atoms with Crippen LogP contribution >= 0.6 is 0 Å². The second kappa shape index (κ2) is 5.84. The van der Waals surface area contributed by atoms with Gasteiger partial charge in [-0.05, 0) is 20.3 Å². The first-order valence-corrected chi connectivity index (χ1v) is 7.48. The van der Waals surface area contributed by atoms with Gasteiger partial charge in [-0.1, -0.05) is 27.7 Å². The quantitative estimate of drug-likeness (QED) is 0.936. The Balaban J connectivity index is 2.60. The molecule has 0 aromatic carbocycles. The summed E-state index contributed by atoms with van der Waals surface area (Å²) in [4.78, 5) is 13.8. The minimum atomic E-state index is -0.0976. The number of nitrogens with zero attached hydrogens (tertiary/aromatic N) is 4. The number of imidazole rings is 1. The van der Waals surface area contributed by atoms with E-state index in [0.29, 0.717) is 0 Å². The van der Waals surface area contributed by atoms with E-state index in [1.165, 1.54) is 0 Å². The summed E-state index contributed by atoms with van der Waals surface area (Å²) in [5.41, 5.74) is 0.956. The van der Waals surface area contributed by atoms with Gasteiger partial charge in [0, 0.05) is 29.9 Å². The highest BCUT2D eigenvalue weighted by Crippen LogP contribution is 2.26. The molecule has 2 heterocycles. The highest BCUT2D eigenvalue weighted by atomic mass is 15.2. The van der Waals surface area contributed by atoms with Gasteiger partial charge in [-0.3, -0.25) is 4.57 Å². The highest BCUT2D eigenvalue weighted by molar-refractivity contribution is 5.52. The molecule has 0 unspecified atom stereocenters. The van der Waals surface area contributed by atoms with E-state index in [1.54, 1.807) is 6.20 Å². The molecular weight excluding hydrogens is 262 g/mol. The van der Waals surface area contributed by atoms with Crippen LogP contribution in [-0.4, -0.2) is 26.1 Å². The van der Waals surface area contributed by atoms with E-state index in [2.05, 4.69) is 44.9 Å². The molecule has 0 saturated heterocycles. The van der Waals surface area contributed by atoms with E-state index < -0.39 is 0 Å². The van der Waals surface area contributed by atoms with Crippen LogP contribution in [0.4, 0.5) is 5.82 Å². The second-order valence-corrected chi connectivity index (χ2v) is 6.37. The van der Waals surface area contributed by atoms with E-state index in [9.17, 15) is 0 Å². The standard InChI is InChI=1S/C16H25N5/c1-7-8-18-13-11(2)14(21-10-9-17-12(21)3)20-15(19-13)16(4,5)6/h9-10H,7-8H2,1-6H3,(H,18,19,20). The first-order chi connectivity index (χ1) is 9.84. The van der Waals surface area contributed by atoms with E-state index in [1.807, 2.05) is 17.7 Å². The Morgan fingerprint density at radius 1 is 1.19 bits per heavy atom. The van der Waals surface area contributed by atoms with Gasteiger partial charge >= 0.3 is 0 Å². The largest absolute Gasteiger partial charge is 0.370 e. The molecule has 2 aromatic rings. The van der Waals surface area contributed by atoms with Crippen molar-refractivity contribution < 1.29 is 0 Å². The number of aromatic nitrogens is 4. The molecule has 2 aromatic heterocycles. The molecule has 0 atom stereocenters. The predicted octanol–water partition coefficient (Wildman–Crippen LogP) is 3.40. The lowest BCUT2D eigenvalue weighted by atomic mass is 9.95. The average molecular weight is 287 g/mol. The van der Waals surface area contributed by atoms with Crippen molar-refractivity contribution in [2.75, 3.05) is 11.9 Å². The van der Waals surface area contributed by atoms with Crippen molar-refractivity contribution in [1.82, 2.24) is 19.5 Å². The average Bonchev–Trinajstić information content (AvgIpc) is 2.82. The van der Waals surface area contributed by atoms with E-state index >= 15 is 0 Å². The number of aryl methyl sites for hydroxylation is 1. The summed E-state index contributed by atoms with van der Waals surface area (Å²) in [5.74, 6) is 3.59. The minimum absolute atomic E-state index is 0.0976. The van der Waals surface area contributed by atoms with Gasteiger partial charge in [0.05, 0.1) is 0 Å². The van der Waals surface area contributed by atoms with Crippen molar-refractivity contribution in [1.29, 1.82) is 0 Å². The molecule has 0 aliphatic carbocycles. The summed E-state index contributed by atoms with van der Waals surface area (Å²) in [6, 6.07) is 0. The van der Waals surface area contributed by atoms with Crippen LogP contribution < -0.4 is 5.32 Å². The molecule has 5 nitrogen and oxygen atoms in total. The number of anilines is 1. The molecule has 0 aliphatic rings. The monoisotopic (exact) mass is 287 g/mol. The summed E-state index contributed by atoms with van der Waals surface area (Å²) < 4.78 is 2.02. The van der Waals surface area contributed by atoms with Crippen LogP contribution in [0.15, 0.2) is 12.4 Å². The molecule has 21 heavy (non-hydrogen) atoms. The maximum Gasteiger partial charge on any atom is 0.146 e. The fourth-order valence-electron chi connectivity index (χ4n) is 2.09. The first kappa shape index (κ1) is 15.5. The summed E-state index contributed by atoms with van der Waals surface area (Å²) in [7, 11) is 0. The fourth-order valence-corrected chi connectivity index (χ4v) is 2.09. The number of rotatable bonds is 4. The Labute approximate surface area is 126 Å². The molecule has 1 N–H and O–H groups in total. The van der Waals surface area contributed by atoms with Crippen LogP contribution in [0.1, 0.15) is 51.3 Å². The Hall–Kier alpha value is -1.91. The molecule has 0 aliphatic heterocycles. The molecule has 0 fully saturated rings. The zero-order valence-corrected chi connectivity index (χ0v) is 13.9. The van der Waals surface area contributed by atoms with Gasteiger partial charge in [0.15, 0.2) is 0 Å². The summed E-state index contributed by atoms with van der Waals surface area (Å²) in [6.45, 7) is 13.5. The molecule has 114 valence electrons. The fraction of sp³-hybridized carbons (Fsp3) is 0.562. The van der Waals surface area contributed by atoms with Crippen molar-refractivity contribution in [3.05, 3.63) is 29.6 Å². The Bertz CT molecular complexity index is 622. The van der Waals surface area contributed by atoms with E-state index in [4.69, 9.17) is 9.97 Å². The lowest BCUT2D eigenvalue weighted by molar-refractivity contribution is 0.543. The first-order valence-electron chi connectivity index (χ1n) is 7.48. The van der Waals surface area contributed by atoms with Crippen LogP contribution in [0.25, 0.3) is 5.82 Å². The smallest absolute Gasteiger partial charge is 0.146 e. The maximum absolute atomic E-state index is 4.79. The van der Waals surface area contributed by atoms with Crippen molar-refractivity contribution in [2.24, 2.45) is 0 Å². The summed E-state index contributed by atoms with van der Waals surface area (Å²) >= 11 is 0. The van der Waals surface area contributed by atoms with Gasteiger partial charge in [0.1, 0.15) is 23.3 Å². The van der Waals surface area contributed by atoms with Gasteiger partial charge in [0.2, 0.25) is 0 Å². The van der Waals surface area contributed by atoms with Gasteiger partial charge < -0.3 is 5.32 Å². The SMILES string of the molecule is CCCNc1nc(C(C)(C)C)nc(-n2ccnc2C)c1C. The summed E-state index contributed by atoms with van der Waals surface area (Å²) in [6.07, 6.45) is 4.81. The minimum Gasteiger partial charge on any atom is -0.370 e. The maximum atomic E-state index is 4.79. The molecule has 0 bridgehead atoms. The number of hydrogen-bond donors (Lipinski definition) is 1. The van der Waals surface area contributed by atoms with E-state index in [-0.39, 0.29) is 5.41 Å². The molecular formula is C16H25N5. The lowest BCUT2D eigenvalue weighted by Crippen LogP contribution is -2.20. The molecule has 2 rings (SSSR count). The number of hydrogen-bond acceptors (Lipinski definition) is 4. The van der Waals surface area contributed by atoms with Gasteiger partial charge in [-0.2, -0.15) is 0 Å². The van der Waals surface area contributed by atoms with Gasteiger partial charge in [-0.25, -0.2) is 15.0 Å². The van der Waals surface area contributed by atoms with Crippen LogP contribution in [0, 0.1) is 13.8 Å². The molecule has 0 amide bonds. The van der Waals surface area contributed by atoms with Gasteiger partial charge in [0.25, 0.3) is 0 Å². The van der Waals surface area contributed by atoms with Crippen LogP contribution in [0.5, 0.6) is 0 Å². The van der Waals surface area contributed by atoms with Crippen LogP contribution in [-0.2, 0) is 5.41 Å². The Morgan fingerprint density at radius 2 is 1.90 bits per heavy atom. The lowest BCUT2D eigenvalue weighted by Gasteiger charge is -2.21. The van der Waals surface area contributed by atoms with Crippen LogP contribution in [0.2, 0.25) is 0 Å². The third kappa shape index (κ3) is 3.23. The van der Waals surface area contributed by atoms with Crippen molar-refractivity contribution in [3.8, 4) is 5.82 Å². The van der Waals surface area contributed by atoms with E-state index in [0.717, 1.165) is 41.8 Å². The van der Waals surface area contributed by atoms with Crippen molar-refractivity contribution in [2.45, 2.75) is 53.4 Å². The third-order valence-electron chi connectivity index (χ3n) is 3.39. The van der Waals surface area contributed by atoms with Crippen LogP contribution in [0.3, 0.4) is 0 Å². The normalized spacial score (nSPS) is 11.7. The highest BCUT2D eigenvalue weighted by Gasteiger charge is 2.22.